The summed E-state index contributed by atoms with van der Waals surface area (Å²) in [6.45, 7) is -0.321. The zero-order chi connectivity index (χ0) is 8.43. The van der Waals surface area contributed by atoms with Crippen LogP contribution in [0.4, 0.5) is 0 Å². The minimum Gasteiger partial charge on any atom is -0.394 e. The Hall–Kier alpha value is -0.200. The molecule has 3 N–H and O–H groups in total. The van der Waals surface area contributed by atoms with Gasteiger partial charge in [-0.25, -0.2) is 0 Å². The number of hydrogen-bond donors (Lipinski definition) is 3. The summed E-state index contributed by atoms with van der Waals surface area (Å²) in [6, 6.07) is 0. The molecule has 0 aromatic rings. The molecular formula is C6H12O5. The van der Waals surface area contributed by atoms with Gasteiger partial charge in [-0.1, -0.05) is 0 Å². The van der Waals surface area contributed by atoms with Gasteiger partial charge in [0.1, 0.15) is 18.3 Å². The molecule has 0 radical (unpaired) electrons. The molecule has 2 unspecified atom stereocenters. The Morgan fingerprint density at radius 1 is 1.36 bits per heavy atom. The van der Waals surface area contributed by atoms with Gasteiger partial charge >= 0.3 is 0 Å². The predicted octanol–water partition coefficient (Wildman–Crippen LogP) is -1.93. The van der Waals surface area contributed by atoms with Crippen LogP contribution < -0.4 is 0 Å². The van der Waals surface area contributed by atoms with Gasteiger partial charge in [-0.3, -0.25) is 0 Å². The molecule has 0 amide bonds. The third kappa shape index (κ3) is 1.52. The summed E-state index contributed by atoms with van der Waals surface area (Å²) in [5.74, 6) is 0. The Bertz CT molecular complexity index is 110. The Kier molecular flexibility index (Phi) is 2.80. The molecule has 0 bridgehead atoms. The van der Waals surface area contributed by atoms with Crippen LogP contribution in [-0.2, 0) is 9.47 Å². The second-order valence-electron chi connectivity index (χ2n) is 2.44. The predicted molar refractivity (Wildman–Crippen MR) is 34.8 cm³/mol. The molecule has 4 atom stereocenters. The zero-order valence-corrected chi connectivity index (χ0v) is 6.17. The molecule has 11 heavy (non-hydrogen) atoms. The Balaban J connectivity index is 2.53. The van der Waals surface area contributed by atoms with E-state index in [0.717, 1.165) is 0 Å². The molecule has 1 aliphatic rings. The first kappa shape index (κ1) is 8.89. The molecule has 1 heterocycles. The van der Waals surface area contributed by atoms with E-state index in [2.05, 4.69) is 4.74 Å². The van der Waals surface area contributed by atoms with Crippen molar-refractivity contribution in [2.45, 2.75) is 24.6 Å². The number of aliphatic hydroxyl groups is 3. The Labute approximate surface area is 64.2 Å². The maximum absolute atomic E-state index is 9.15. The van der Waals surface area contributed by atoms with E-state index in [-0.39, 0.29) is 6.61 Å². The second-order valence-corrected chi connectivity index (χ2v) is 2.44. The minimum absolute atomic E-state index is 0.321. The monoisotopic (exact) mass is 164 g/mol. The molecule has 0 aromatic carbocycles. The van der Waals surface area contributed by atoms with Crippen LogP contribution in [0, 0.1) is 0 Å². The van der Waals surface area contributed by atoms with E-state index in [4.69, 9.17) is 20.1 Å². The van der Waals surface area contributed by atoms with Gasteiger partial charge in [0, 0.05) is 7.11 Å². The van der Waals surface area contributed by atoms with Crippen LogP contribution in [0.5, 0.6) is 0 Å². The van der Waals surface area contributed by atoms with Gasteiger partial charge in [0.05, 0.1) is 6.61 Å². The number of hydrogen-bond acceptors (Lipinski definition) is 5. The second kappa shape index (κ2) is 3.46. The van der Waals surface area contributed by atoms with E-state index in [1.165, 1.54) is 7.11 Å². The van der Waals surface area contributed by atoms with Crippen molar-refractivity contribution in [3.8, 4) is 0 Å². The highest BCUT2D eigenvalue weighted by molar-refractivity contribution is 4.85. The van der Waals surface area contributed by atoms with Crippen LogP contribution in [0.2, 0.25) is 0 Å². The van der Waals surface area contributed by atoms with E-state index in [1.807, 2.05) is 0 Å². The van der Waals surface area contributed by atoms with Crippen LogP contribution in [-0.4, -0.2) is 53.6 Å². The number of rotatable bonds is 2. The molecule has 0 aromatic heterocycles. The molecule has 1 saturated heterocycles. The molecule has 5 heteroatoms. The summed E-state index contributed by atoms with van der Waals surface area (Å²) < 4.78 is 9.59. The number of aliphatic hydroxyl groups excluding tert-OH is 3. The molecule has 0 aliphatic carbocycles. The lowest BCUT2D eigenvalue weighted by atomic mass is 10.1. The van der Waals surface area contributed by atoms with Gasteiger partial charge in [-0.15, -0.1) is 0 Å². The highest BCUT2D eigenvalue weighted by atomic mass is 16.7. The summed E-state index contributed by atoms with van der Waals surface area (Å²) in [7, 11) is 1.36. The molecule has 0 spiro atoms. The first-order valence-corrected chi connectivity index (χ1v) is 3.36. The molecule has 1 rings (SSSR count). The van der Waals surface area contributed by atoms with Crippen LogP contribution in [0.25, 0.3) is 0 Å². The standard InChI is InChI=1S/C6H12O5/c1-10-6-5(9)4(8)3(2-7)11-6/h3-9H,2H2,1H3/t3-,4+,5?,6?/m0/s1. The average molecular weight is 164 g/mol. The van der Waals surface area contributed by atoms with Crippen molar-refractivity contribution in [2.24, 2.45) is 0 Å². The Morgan fingerprint density at radius 2 is 2.00 bits per heavy atom. The van der Waals surface area contributed by atoms with Crippen molar-refractivity contribution in [1.29, 1.82) is 0 Å². The highest BCUT2D eigenvalue weighted by Gasteiger charge is 2.42. The third-order valence-corrected chi connectivity index (χ3v) is 1.73. The van der Waals surface area contributed by atoms with Crippen LogP contribution in [0.3, 0.4) is 0 Å². The maximum atomic E-state index is 9.15. The van der Waals surface area contributed by atoms with Gasteiger partial charge in [0.25, 0.3) is 0 Å². The van der Waals surface area contributed by atoms with Crippen molar-refractivity contribution >= 4 is 0 Å². The fourth-order valence-corrected chi connectivity index (χ4v) is 1.06. The van der Waals surface area contributed by atoms with Crippen molar-refractivity contribution in [2.75, 3.05) is 13.7 Å². The highest BCUT2D eigenvalue weighted by Crippen LogP contribution is 2.20. The fraction of sp³-hybridized carbons (Fsp3) is 1.00. The molecule has 1 fully saturated rings. The first-order chi connectivity index (χ1) is 5.20. The summed E-state index contributed by atoms with van der Waals surface area (Å²) >= 11 is 0. The lowest BCUT2D eigenvalue weighted by Gasteiger charge is -2.11. The van der Waals surface area contributed by atoms with Crippen LogP contribution >= 0.6 is 0 Å². The van der Waals surface area contributed by atoms with Crippen molar-refractivity contribution in [3.05, 3.63) is 0 Å². The van der Waals surface area contributed by atoms with E-state index in [1.54, 1.807) is 0 Å². The van der Waals surface area contributed by atoms with Gasteiger partial charge in [-0.05, 0) is 0 Å². The summed E-state index contributed by atoms with van der Waals surface area (Å²) in [6.07, 6.45) is -3.71. The normalized spacial score (nSPS) is 44.7. The lowest BCUT2D eigenvalue weighted by Crippen LogP contribution is -2.34. The summed E-state index contributed by atoms with van der Waals surface area (Å²) in [5.41, 5.74) is 0. The van der Waals surface area contributed by atoms with Gasteiger partial charge < -0.3 is 24.8 Å². The number of ether oxygens (including phenoxy) is 2. The fourth-order valence-electron chi connectivity index (χ4n) is 1.06. The van der Waals surface area contributed by atoms with Crippen LogP contribution in [0.1, 0.15) is 0 Å². The van der Waals surface area contributed by atoms with Crippen LogP contribution in [0.15, 0.2) is 0 Å². The molecule has 66 valence electrons. The molecule has 1 aliphatic heterocycles. The largest absolute Gasteiger partial charge is 0.394 e. The van der Waals surface area contributed by atoms with Crippen molar-refractivity contribution in [1.82, 2.24) is 0 Å². The lowest BCUT2D eigenvalue weighted by molar-refractivity contribution is -0.153. The van der Waals surface area contributed by atoms with E-state index in [0.29, 0.717) is 0 Å². The topological polar surface area (TPSA) is 79.2 Å². The molecule has 0 saturated carbocycles. The average Bonchev–Trinajstić information content (AvgIpc) is 2.30. The number of methoxy groups -OCH3 is 1. The van der Waals surface area contributed by atoms with E-state index < -0.39 is 24.6 Å². The minimum atomic E-state index is -1.07. The van der Waals surface area contributed by atoms with Gasteiger partial charge in [-0.2, -0.15) is 0 Å². The SMILES string of the molecule is COC1O[C@@H](CO)[C@@H](O)C1O. The summed E-state index contributed by atoms with van der Waals surface area (Å²) in [5, 5.41) is 26.9. The third-order valence-electron chi connectivity index (χ3n) is 1.73. The quantitative estimate of drug-likeness (QED) is 0.443. The van der Waals surface area contributed by atoms with Gasteiger partial charge in [0.15, 0.2) is 6.29 Å². The molecular weight excluding hydrogens is 152 g/mol. The smallest absolute Gasteiger partial charge is 0.186 e. The van der Waals surface area contributed by atoms with Crippen molar-refractivity contribution < 1.29 is 24.8 Å². The van der Waals surface area contributed by atoms with E-state index >= 15 is 0 Å². The first-order valence-electron chi connectivity index (χ1n) is 3.36. The van der Waals surface area contributed by atoms with Crippen molar-refractivity contribution in [3.63, 3.8) is 0 Å². The zero-order valence-electron chi connectivity index (χ0n) is 6.17. The maximum Gasteiger partial charge on any atom is 0.186 e. The Morgan fingerprint density at radius 3 is 2.27 bits per heavy atom. The molecule has 5 nitrogen and oxygen atoms in total. The van der Waals surface area contributed by atoms with E-state index in [9.17, 15) is 0 Å². The van der Waals surface area contributed by atoms with Gasteiger partial charge in [0.2, 0.25) is 0 Å². The summed E-state index contributed by atoms with van der Waals surface area (Å²) in [4.78, 5) is 0.